The number of fused-ring (bicyclic) bond motifs is 3. The van der Waals surface area contributed by atoms with Crippen LogP contribution in [-0.4, -0.2) is 16.5 Å². The summed E-state index contributed by atoms with van der Waals surface area (Å²) in [5.74, 6) is -3.06. The molecule has 4 aromatic rings. The minimum Gasteiger partial charge on any atom is -0.325 e. The lowest BCUT2D eigenvalue weighted by molar-refractivity contribution is 0.00597. The molecule has 3 heterocycles. The Bertz CT molecular complexity index is 1230. The number of halogens is 2. The largest absolute Gasteiger partial charge is 0.325 e. The molecule has 3 aromatic heterocycles. The second-order valence-electron chi connectivity index (χ2n) is 6.51. The zero-order valence-corrected chi connectivity index (χ0v) is 15.6. The number of thiophene rings is 1. The summed E-state index contributed by atoms with van der Waals surface area (Å²) in [6.45, 7) is 2.99. The Morgan fingerprint density at radius 2 is 1.85 bits per heavy atom. The maximum atomic E-state index is 13.8. The van der Waals surface area contributed by atoms with Crippen LogP contribution < -0.4 is 11.3 Å². The van der Waals surface area contributed by atoms with E-state index in [9.17, 15) is 13.6 Å². The minimum absolute atomic E-state index is 0.120. The molecule has 0 saturated carbocycles. The molecule has 7 heteroatoms. The van der Waals surface area contributed by atoms with Gasteiger partial charge in [0, 0.05) is 27.6 Å². The molecule has 138 valence electrons. The molecule has 0 amide bonds. The molecular weight excluding hydrogens is 368 g/mol. The lowest BCUT2D eigenvalue weighted by Gasteiger charge is -2.16. The molecule has 27 heavy (non-hydrogen) atoms. The molecule has 0 aliphatic carbocycles. The van der Waals surface area contributed by atoms with Crippen molar-refractivity contribution in [2.24, 2.45) is 5.73 Å². The van der Waals surface area contributed by atoms with Gasteiger partial charge in [0.1, 0.15) is 4.70 Å². The third-order valence-corrected chi connectivity index (χ3v) is 5.70. The molecule has 0 aliphatic heterocycles. The molecule has 0 bridgehead atoms. The Morgan fingerprint density at radius 3 is 2.52 bits per heavy atom. The van der Waals surface area contributed by atoms with Crippen molar-refractivity contribution in [2.75, 3.05) is 6.54 Å². The normalized spacial score (nSPS) is 12.2. The summed E-state index contributed by atoms with van der Waals surface area (Å²) in [6, 6.07) is 8.01. The van der Waals surface area contributed by atoms with Crippen molar-refractivity contribution in [3.05, 3.63) is 63.0 Å². The highest BCUT2D eigenvalue weighted by Gasteiger charge is 2.29. The van der Waals surface area contributed by atoms with Gasteiger partial charge in [-0.1, -0.05) is 24.3 Å². The van der Waals surface area contributed by atoms with Gasteiger partial charge in [-0.3, -0.25) is 9.78 Å². The summed E-state index contributed by atoms with van der Waals surface area (Å²) in [5, 5.41) is 3.60. The highest BCUT2D eigenvalue weighted by atomic mass is 32.1. The molecule has 4 nitrogen and oxygen atoms in total. The van der Waals surface area contributed by atoms with Crippen LogP contribution in [0.5, 0.6) is 0 Å². The van der Waals surface area contributed by atoms with Gasteiger partial charge in [-0.25, -0.2) is 0 Å². The Labute approximate surface area is 157 Å². The third kappa shape index (κ3) is 2.74. The van der Waals surface area contributed by atoms with E-state index in [4.69, 9.17) is 5.73 Å². The fraction of sp³-hybridized carbons (Fsp3) is 0.200. The second kappa shape index (κ2) is 6.21. The van der Waals surface area contributed by atoms with Crippen molar-refractivity contribution in [1.29, 1.82) is 0 Å². The molecule has 0 unspecified atom stereocenters. The Morgan fingerprint density at radius 1 is 1.15 bits per heavy atom. The number of aromatic amines is 1. The first kappa shape index (κ1) is 17.8. The van der Waals surface area contributed by atoms with E-state index in [1.807, 2.05) is 25.3 Å². The van der Waals surface area contributed by atoms with E-state index in [0.29, 0.717) is 10.2 Å². The quantitative estimate of drug-likeness (QED) is 0.546. The van der Waals surface area contributed by atoms with Gasteiger partial charge in [0.25, 0.3) is 11.5 Å². The van der Waals surface area contributed by atoms with Crippen LogP contribution in [0, 0.1) is 13.8 Å². The number of aryl methyl sites for hydroxylation is 2. The van der Waals surface area contributed by atoms with Gasteiger partial charge in [0.15, 0.2) is 0 Å². The van der Waals surface area contributed by atoms with Crippen LogP contribution in [0.1, 0.15) is 17.0 Å². The van der Waals surface area contributed by atoms with E-state index in [0.717, 1.165) is 33.3 Å². The van der Waals surface area contributed by atoms with Crippen LogP contribution in [0.4, 0.5) is 8.78 Å². The average molecular weight is 385 g/mol. The smallest absolute Gasteiger partial charge is 0.285 e. The number of rotatable bonds is 3. The summed E-state index contributed by atoms with van der Waals surface area (Å²) < 4.78 is 28.3. The predicted octanol–water partition coefficient (Wildman–Crippen LogP) is 4.47. The molecular formula is C20H17F2N3OS. The molecule has 3 N–H and O–H groups in total. The van der Waals surface area contributed by atoms with Crippen LogP contribution in [0.15, 0.2) is 40.5 Å². The van der Waals surface area contributed by atoms with E-state index in [1.54, 1.807) is 12.1 Å². The van der Waals surface area contributed by atoms with Crippen LogP contribution in [-0.2, 0) is 5.92 Å². The number of H-pyrrole nitrogens is 1. The van der Waals surface area contributed by atoms with E-state index in [-0.39, 0.29) is 11.1 Å². The zero-order valence-electron chi connectivity index (χ0n) is 14.8. The van der Waals surface area contributed by atoms with Crippen molar-refractivity contribution < 1.29 is 8.78 Å². The first-order valence-electron chi connectivity index (χ1n) is 8.42. The SMILES string of the molecule is Cc1nc(C)c2[nH]c(=O)c3sccc3c2c1-c1ccc(C(F)(F)CN)cc1. The van der Waals surface area contributed by atoms with Gasteiger partial charge in [-0.15, -0.1) is 11.3 Å². The lowest BCUT2D eigenvalue weighted by Crippen LogP contribution is -2.24. The summed E-state index contributed by atoms with van der Waals surface area (Å²) in [5.41, 5.74) is 8.67. The second-order valence-corrected chi connectivity index (χ2v) is 7.43. The van der Waals surface area contributed by atoms with Gasteiger partial charge >= 0.3 is 0 Å². The predicted molar refractivity (Wildman–Crippen MR) is 106 cm³/mol. The van der Waals surface area contributed by atoms with E-state index < -0.39 is 12.5 Å². The Balaban J connectivity index is 2.05. The number of aromatic nitrogens is 2. The number of hydrogen-bond acceptors (Lipinski definition) is 4. The molecule has 0 fully saturated rings. The van der Waals surface area contributed by atoms with E-state index in [2.05, 4.69) is 9.97 Å². The Hall–Kier alpha value is -2.64. The molecule has 0 saturated heterocycles. The van der Waals surface area contributed by atoms with E-state index in [1.165, 1.54) is 23.5 Å². The summed E-state index contributed by atoms with van der Waals surface area (Å²) >= 11 is 1.38. The van der Waals surface area contributed by atoms with Gasteiger partial charge in [-0.2, -0.15) is 8.78 Å². The highest BCUT2D eigenvalue weighted by molar-refractivity contribution is 7.17. The first-order valence-corrected chi connectivity index (χ1v) is 9.30. The van der Waals surface area contributed by atoms with Crippen LogP contribution >= 0.6 is 11.3 Å². The standard InChI is InChI=1S/C20H17F2N3OS/c1-10-15(12-3-5-13(6-4-12)20(21,22)9-23)16-14-7-8-27-18(14)19(26)25-17(16)11(2)24-10/h3-8H,9,23H2,1-2H3,(H,25,26). The number of hydrogen-bond donors (Lipinski definition) is 2. The number of alkyl halides is 2. The van der Waals surface area contributed by atoms with E-state index >= 15 is 0 Å². The van der Waals surface area contributed by atoms with Gasteiger partial charge < -0.3 is 10.7 Å². The van der Waals surface area contributed by atoms with Crippen LogP contribution in [0.3, 0.4) is 0 Å². The summed E-state index contributed by atoms with van der Waals surface area (Å²) in [4.78, 5) is 19.8. The lowest BCUT2D eigenvalue weighted by atomic mass is 9.95. The molecule has 4 rings (SSSR count). The summed E-state index contributed by atoms with van der Waals surface area (Å²) in [6.07, 6.45) is 0. The van der Waals surface area contributed by atoms with Gasteiger partial charge in [0.2, 0.25) is 0 Å². The number of pyridine rings is 2. The van der Waals surface area contributed by atoms with Crippen molar-refractivity contribution in [3.8, 4) is 11.1 Å². The minimum atomic E-state index is -3.06. The number of nitrogens with two attached hydrogens (primary N) is 1. The fourth-order valence-corrected chi connectivity index (χ4v) is 4.27. The van der Waals surface area contributed by atoms with Crippen LogP contribution in [0.25, 0.3) is 32.1 Å². The molecule has 0 spiro atoms. The maximum Gasteiger partial charge on any atom is 0.285 e. The van der Waals surface area contributed by atoms with Crippen LogP contribution in [0.2, 0.25) is 0 Å². The zero-order chi connectivity index (χ0) is 19.3. The number of benzene rings is 1. The average Bonchev–Trinajstić information content (AvgIpc) is 3.14. The van der Waals surface area contributed by atoms with Gasteiger partial charge in [0.05, 0.1) is 17.8 Å². The highest BCUT2D eigenvalue weighted by Crippen LogP contribution is 2.37. The van der Waals surface area contributed by atoms with Crippen molar-refractivity contribution in [2.45, 2.75) is 19.8 Å². The number of nitrogens with zero attached hydrogens (tertiary/aromatic N) is 1. The summed E-state index contributed by atoms with van der Waals surface area (Å²) in [7, 11) is 0. The molecule has 1 aromatic carbocycles. The Kier molecular flexibility index (Phi) is 4.09. The molecule has 0 atom stereocenters. The first-order chi connectivity index (χ1) is 12.8. The number of nitrogens with one attached hydrogen (secondary N) is 1. The van der Waals surface area contributed by atoms with Crippen molar-refractivity contribution >= 4 is 32.3 Å². The van der Waals surface area contributed by atoms with Crippen molar-refractivity contribution in [1.82, 2.24) is 9.97 Å². The third-order valence-electron chi connectivity index (χ3n) is 4.79. The molecule has 0 aliphatic rings. The fourth-order valence-electron chi connectivity index (χ4n) is 3.48. The van der Waals surface area contributed by atoms with Crippen molar-refractivity contribution in [3.63, 3.8) is 0 Å². The monoisotopic (exact) mass is 385 g/mol. The topological polar surface area (TPSA) is 71.8 Å². The maximum absolute atomic E-state index is 13.8. The molecule has 0 radical (unpaired) electrons. The van der Waals surface area contributed by atoms with Gasteiger partial charge in [-0.05, 0) is 30.9 Å².